The molecule has 0 radical (unpaired) electrons. The van der Waals surface area contributed by atoms with Crippen LogP contribution in [0.25, 0.3) is 0 Å². The van der Waals surface area contributed by atoms with Crippen molar-refractivity contribution < 1.29 is 24.4 Å². The van der Waals surface area contributed by atoms with Gasteiger partial charge in [0.25, 0.3) is 0 Å². The summed E-state index contributed by atoms with van der Waals surface area (Å²) in [6, 6.07) is 0. The topological polar surface area (TPSA) is 68.2 Å². The Kier molecular flexibility index (Phi) is 3.74. The Bertz CT molecular complexity index is 487. The molecule has 2 N–H and O–H groups in total. The van der Waals surface area contributed by atoms with Crippen molar-refractivity contribution in [2.24, 2.45) is 17.3 Å². The molecule has 2 aliphatic carbocycles. The maximum absolute atomic E-state index is 11.6. The highest BCUT2D eigenvalue weighted by molar-refractivity contribution is 5.24. The lowest BCUT2D eigenvalue weighted by atomic mass is 9.50. The molecule has 1 saturated heterocycles. The fraction of sp³-hybridized carbons (Fsp3) is 0.882. The van der Waals surface area contributed by atoms with E-state index in [4.69, 9.17) is 14.2 Å². The molecule has 1 saturated carbocycles. The maximum atomic E-state index is 11.6. The Morgan fingerprint density at radius 1 is 1.32 bits per heavy atom. The van der Waals surface area contributed by atoms with E-state index in [1.807, 2.05) is 13.8 Å². The van der Waals surface area contributed by atoms with Gasteiger partial charge in [-0.1, -0.05) is 25.5 Å². The van der Waals surface area contributed by atoms with Gasteiger partial charge < -0.3 is 24.4 Å². The van der Waals surface area contributed by atoms with E-state index < -0.39 is 29.2 Å². The monoisotopic (exact) mass is 312 g/mol. The molecule has 5 heteroatoms. The molecule has 0 spiro atoms. The van der Waals surface area contributed by atoms with E-state index in [1.54, 1.807) is 0 Å². The number of rotatable bonds is 2. The lowest BCUT2D eigenvalue weighted by Gasteiger charge is -2.60. The third-order valence-corrected chi connectivity index (χ3v) is 6.41. The molecule has 0 aromatic carbocycles. The smallest absolute Gasteiger partial charge is 0.203 e. The van der Waals surface area contributed by atoms with Crippen molar-refractivity contribution in [1.29, 1.82) is 0 Å². The second-order valence-electron chi connectivity index (χ2n) is 7.64. The normalized spacial score (nSPS) is 50.2. The molecule has 5 nitrogen and oxygen atoms in total. The highest BCUT2D eigenvalue weighted by Crippen LogP contribution is 2.63. The predicted octanol–water partition coefficient (Wildman–Crippen LogP) is 1.83. The van der Waals surface area contributed by atoms with Gasteiger partial charge in [-0.05, 0) is 31.6 Å². The summed E-state index contributed by atoms with van der Waals surface area (Å²) in [5, 5.41) is 22.3. The molecule has 0 aromatic heterocycles. The SMILES string of the molecule is CO[C@H]1O[C@@]2(OC)C[C@H]3C=C(C)CC[C@H]3C(C)(C)[C@@]2(O)[C@@H]1O. The van der Waals surface area contributed by atoms with Crippen molar-refractivity contribution in [2.75, 3.05) is 14.2 Å². The molecule has 3 aliphatic rings. The molecule has 126 valence electrons. The van der Waals surface area contributed by atoms with Crippen LogP contribution in [0.3, 0.4) is 0 Å². The summed E-state index contributed by atoms with van der Waals surface area (Å²) in [5.74, 6) is -0.698. The van der Waals surface area contributed by atoms with Crippen LogP contribution < -0.4 is 0 Å². The van der Waals surface area contributed by atoms with Gasteiger partial charge in [0.05, 0.1) is 0 Å². The fourth-order valence-electron chi connectivity index (χ4n) is 5.16. The Balaban J connectivity index is 2.12. The van der Waals surface area contributed by atoms with Crippen molar-refractivity contribution in [2.45, 2.75) is 63.8 Å². The van der Waals surface area contributed by atoms with Gasteiger partial charge >= 0.3 is 0 Å². The molecule has 22 heavy (non-hydrogen) atoms. The maximum Gasteiger partial charge on any atom is 0.203 e. The summed E-state index contributed by atoms with van der Waals surface area (Å²) >= 11 is 0. The number of ether oxygens (including phenoxy) is 3. The molecular weight excluding hydrogens is 284 g/mol. The molecular formula is C17H28O5. The van der Waals surface area contributed by atoms with Crippen molar-refractivity contribution in [3.8, 4) is 0 Å². The van der Waals surface area contributed by atoms with Gasteiger partial charge in [0.15, 0.2) is 11.9 Å². The summed E-state index contributed by atoms with van der Waals surface area (Å²) in [4.78, 5) is 0. The molecule has 0 unspecified atom stereocenters. The predicted molar refractivity (Wildman–Crippen MR) is 80.9 cm³/mol. The Hall–Kier alpha value is -0.460. The van der Waals surface area contributed by atoms with Gasteiger partial charge in [0.1, 0.15) is 6.10 Å². The van der Waals surface area contributed by atoms with Gasteiger partial charge in [-0.3, -0.25) is 0 Å². The number of hydrogen-bond donors (Lipinski definition) is 2. The zero-order valence-corrected chi connectivity index (χ0v) is 14.1. The molecule has 0 aromatic rings. The number of hydrogen-bond acceptors (Lipinski definition) is 5. The molecule has 6 atom stereocenters. The van der Waals surface area contributed by atoms with Gasteiger partial charge in [-0.25, -0.2) is 0 Å². The average molecular weight is 312 g/mol. The van der Waals surface area contributed by atoms with E-state index in [2.05, 4.69) is 13.0 Å². The van der Waals surface area contributed by atoms with Gasteiger partial charge in [-0.15, -0.1) is 0 Å². The standard InChI is InChI=1S/C17H28O5/c1-10-6-7-12-11(8-10)9-16(21-5)17(19,15(12,2)3)13(18)14(20-4)22-16/h8,11-14,18-19H,6-7,9H2,1-5H3/t11-,12-,13-,14+,16+,17+/m1/s1. The first-order valence-corrected chi connectivity index (χ1v) is 8.07. The van der Waals surface area contributed by atoms with E-state index in [-0.39, 0.29) is 11.8 Å². The number of aliphatic hydroxyl groups excluding tert-OH is 1. The van der Waals surface area contributed by atoms with Crippen LogP contribution in [0.4, 0.5) is 0 Å². The van der Waals surface area contributed by atoms with Crippen molar-refractivity contribution >= 4 is 0 Å². The Labute approximate surface area is 132 Å². The van der Waals surface area contributed by atoms with E-state index in [0.717, 1.165) is 12.8 Å². The quantitative estimate of drug-likeness (QED) is 0.761. The Morgan fingerprint density at radius 3 is 2.59 bits per heavy atom. The molecule has 1 heterocycles. The van der Waals surface area contributed by atoms with Crippen molar-refractivity contribution in [3.63, 3.8) is 0 Å². The largest absolute Gasteiger partial charge is 0.385 e. The third-order valence-electron chi connectivity index (χ3n) is 6.41. The summed E-state index contributed by atoms with van der Waals surface area (Å²) < 4.78 is 16.8. The average Bonchev–Trinajstić information content (AvgIpc) is 2.70. The molecule has 0 bridgehead atoms. The third kappa shape index (κ3) is 1.77. The first-order chi connectivity index (χ1) is 10.2. The minimum absolute atomic E-state index is 0.270. The van der Waals surface area contributed by atoms with Crippen molar-refractivity contribution in [3.05, 3.63) is 11.6 Å². The van der Waals surface area contributed by atoms with E-state index in [0.29, 0.717) is 6.42 Å². The van der Waals surface area contributed by atoms with Crippen LogP contribution in [-0.4, -0.2) is 48.2 Å². The zero-order valence-electron chi connectivity index (χ0n) is 14.1. The summed E-state index contributed by atoms with van der Waals surface area (Å²) in [7, 11) is 3.01. The van der Waals surface area contributed by atoms with Crippen LogP contribution in [0, 0.1) is 17.3 Å². The molecule has 2 fully saturated rings. The van der Waals surface area contributed by atoms with Gasteiger partial charge in [0.2, 0.25) is 5.79 Å². The van der Waals surface area contributed by atoms with E-state index in [9.17, 15) is 10.2 Å². The summed E-state index contributed by atoms with van der Waals surface area (Å²) in [6.07, 6.45) is 2.83. The zero-order chi connectivity index (χ0) is 16.3. The molecule has 3 rings (SSSR count). The van der Waals surface area contributed by atoms with E-state index >= 15 is 0 Å². The minimum atomic E-state index is -1.50. The minimum Gasteiger partial charge on any atom is -0.385 e. The number of allylic oxidation sites excluding steroid dienone is 2. The molecule has 0 amide bonds. The number of methoxy groups -OCH3 is 2. The van der Waals surface area contributed by atoms with Crippen LogP contribution in [-0.2, 0) is 14.2 Å². The van der Waals surface area contributed by atoms with Crippen LogP contribution in [0.2, 0.25) is 0 Å². The van der Waals surface area contributed by atoms with Gasteiger partial charge in [0, 0.05) is 26.1 Å². The van der Waals surface area contributed by atoms with Crippen LogP contribution >= 0.6 is 0 Å². The first kappa shape index (κ1) is 16.4. The lowest BCUT2D eigenvalue weighted by Crippen LogP contribution is -2.71. The summed E-state index contributed by atoms with van der Waals surface area (Å²) in [5.41, 5.74) is -0.693. The number of aliphatic hydroxyl groups is 2. The Morgan fingerprint density at radius 2 is 2.00 bits per heavy atom. The van der Waals surface area contributed by atoms with Crippen LogP contribution in [0.15, 0.2) is 11.6 Å². The van der Waals surface area contributed by atoms with E-state index in [1.165, 1.54) is 19.8 Å². The second kappa shape index (κ2) is 5.02. The summed E-state index contributed by atoms with van der Waals surface area (Å²) in [6.45, 7) is 6.17. The lowest BCUT2D eigenvalue weighted by molar-refractivity contribution is -0.351. The van der Waals surface area contributed by atoms with Crippen LogP contribution in [0.5, 0.6) is 0 Å². The highest BCUT2D eigenvalue weighted by Gasteiger charge is 2.76. The number of fused-ring (bicyclic) bond motifs is 2. The highest BCUT2D eigenvalue weighted by atomic mass is 16.8. The van der Waals surface area contributed by atoms with Crippen LogP contribution in [0.1, 0.15) is 40.0 Å². The van der Waals surface area contributed by atoms with Crippen molar-refractivity contribution in [1.82, 2.24) is 0 Å². The molecule has 1 aliphatic heterocycles. The first-order valence-electron chi connectivity index (χ1n) is 8.07. The second-order valence-corrected chi connectivity index (χ2v) is 7.64. The fourth-order valence-corrected chi connectivity index (χ4v) is 5.16. The van der Waals surface area contributed by atoms with Gasteiger partial charge in [-0.2, -0.15) is 0 Å².